The zero-order chi connectivity index (χ0) is 12.7. The van der Waals surface area contributed by atoms with E-state index in [0.29, 0.717) is 6.61 Å². The molecule has 0 saturated heterocycles. The molecular formula is C13H21NO3. The van der Waals surface area contributed by atoms with E-state index in [9.17, 15) is 0 Å². The van der Waals surface area contributed by atoms with Crippen molar-refractivity contribution < 1.29 is 14.2 Å². The molecule has 1 rings (SSSR count). The topological polar surface area (TPSA) is 39.7 Å². The molecule has 1 atom stereocenters. The van der Waals surface area contributed by atoms with Crippen LogP contribution in [0.15, 0.2) is 18.2 Å². The molecule has 4 heteroatoms. The molecule has 1 unspecified atom stereocenters. The van der Waals surface area contributed by atoms with E-state index in [2.05, 4.69) is 5.32 Å². The van der Waals surface area contributed by atoms with Gasteiger partial charge in [0.15, 0.2) is 0 Å². The first-order chi connectivity index (χ1) is 8.21. The minimum Gasteiger partial charge on any atom is -0.497 e. The van der Waals surface area contributed by atoms with Gasteiger partial charge in [-0.2, -0.15) is 0 Å². The maximum absolute atomic E-state index is 5.72. The van der Waals surface area contributed by atoms with Gasteiger partial charge in [0.05, 0.1) is 13.2 Å². The average molecular weight is 239 g/mol. The predicted molar refractivity (Wildman–Crippen MR) is 67.7 cm³/mol. The Morgan fingerprint density at radius 1 is 1.29 bits per heavy atom. The van der Waals surface area contributed by atoms with Crippen LogP contribution >= 0.6 is 0 Å². The van der Waals surface area contributed by atoms with Gasteiger partial charge in [-0.15, -0.1) is 0 Å². The number of ether oxygens (including phenoxy) is 3. The van der Waals surface area contributed by atoms with Gasteiger partial charge in [-0.3, -0.25) is 0 Å². The Balaban J connectivity index is 2.75. The summed E-state index contributed by atoms with van der Waals surface area (Å²) < 4.78 is 16.1. The van der Waals surface area contributed by atoms with E-state index in [4.69, 9.17) is 14.2 Å². The van der Waals surface area contributed by atoms with Crippen molar-refractivity contribution in [2.24, 2.45) is 0 Å². The normalized spacial score (nSPS) is 12.2. The van der Waals surface area contributed by atoms with Crippen LogP contribution < -0.4 is 14.8 Å². The van der Waals surface area contributed by atoms with Crippen molar-refractivity contribution >= 4 is 0 Å². The molecule has 17 heavy (non-hydrogen) atoms. The smallest absolute Gasteiger partial charge is 0.124 e. The van der Waals surface area contributed by atoms with Crippen LogP contribution in [0.5, 0.6) is 11.5 Å². The molecule has 0 bridgehead atoms. The molecule has 0 aliphatic rings. The summed E-state index contributed by atoms with van der Waals surface area (Å²) in [5.41, 5.74) is 1.08. The van der Waals surface area contributed by atoms with Gasteiger partial charge in [-0.25, -0.2) is 0 Å². The van der Waals surface area contributed by atoms with Crippen LogP contribution in [0.25, 0.3) is 0 Å². The molecule has 0 heterocycles. The van der Waals surface area contributed by atoms with E-state index in [1.54, 1.807) is 14.2 Å². The highest BCUT2D eigenvalue weighted by atomic mass is 16.5. The Labute approximate surface area is 103 Å². The molecular weight excluding hydrogens is 218 g/mol. The van der Waals surface area contributed by atoms with Gasteiger partial charge in [-0.1, -0.05) is 0 Å². The molecule has 0 radical (unpaired) electrons. The minimum atomic E-state index is 0.0829. The van der Waals surface area contributed by atoms with Gasteiger partial charge in [0.25, 0.3) is 0 Å². The van der Waals surface area contributed by atoms with Gasteiger partial charge < -0.3 is 19.5 Å². The summed E-state index contributed by atoms with van der Waals surface area (Å²) in [5, 5.41) is 3.11. The molecule has 4 nitrogen and oxygen atoms in total. The lowest BCUT2D eigenvalue weighted by Gasteiger charge is -2.15. The fourth-order valence-electron chi connectivity index (χ4n) is 1.43. The van der Waals surface area contributed by atoms with Crippen molar-refractivity contribution in [2.45, 2.75) is 19.6 Å². The largest absolute Gasteiger partial charge is 0.497 e. The van der Waals surface area contributed by atoms with Gasteiger partial charge in [-0.05, 0) is 32.2 Å². The van der Waals surface area contributed by atoms with Gasteiger partial charge >= 0.3 is 0 Å². The lowest BCUT2D eigenvalue weighted by molar-refractivity contribution is 0.0712. The molecule has 0 aliphatic carbocycles. The Bertz CT molecular complexity index is 341. The SMILES string of the molecule is CNCc1cc(OC)ccc1OCC(C)OC. The standard InChI is InChI=1S/C13H21NO3/c1-10(15-3)9-17-13-6-5-12(16-4)7-11(13)8-14-2/h5-7,10,14H,8-9H2,1-4H3. The van der Waals surface area contributed by atoms with Crippen molar-refractivity contribution in [1.82, 2.24) is 5.32 Å². The van der Waals surface area contributed by atoms with E-state index in [1.807, 2.05) is 32.2 Å². The van der Waals surface area contributed by atoms with E-state index in [1.165, 1.54) is 0 Å². The summed E-state index contributed by atoms with van der Waals surface area (Å²) >= 11 is 0. The maximum atomic E-state index is 5.72. The zero-order valence-electron chi connectivity index (χ0n) is 10.9. The van der Waals surface area contributed by atoms with Crippen molar-refractivity contribution in [2.75, 3.05) is 27.9 Å². The van der Waals surface area contributed by atoms with Crippen LogP contribution in [-0.4, -0.2) is 34.0 Å². The first-order valence-electron chi connectivity index (χ1n) is 5.68. The molecule has 1 aromatic rings. The van der Waals surface area contributed by atoms with E-state index < -0.39 is 0 Å². The third-order valence-electron chi connectivity index (χ3n) is 2.51. The van der Waals surface area contributed by atoms with Crippen molar-refractivity contribution in [1.29, 1.82) is 0 Å². The van der Waals surface area contributed by atoms with Gasteiger partial charge in [0.2, 0.25) is 0 Å². The number of hydrogen-bond donors (Lipinski definition) is 1. The molecule has 1 N–H and O–H groups in total. The number of nitrogens with one attached hydrogen (secondary N) is 1. The zero-order valence-corrected chi connectivity index (χ0v) is 10.9. The summed E-state index contributed by atoms with van der Waals surface area (Å²) in [7, 11) is 5.24. The molecule has 0 spiro atoms. The molecule has 0 fully saturated rings. The number of rotatable bonds is 7. The average Bonchev–Trinajstić information content (AvgIpc) is 2.37. The quantitative estimate of drug-likeness (QED) is 0.788. The summed E-state index contributed by atoms with van der Waals surface area (Å²) in [6, 6.07) is 5.79. The Morgan fingerprint density at radius 3 is 2.65 bits per heavy atom. The molecule has 0 amide bonds. The fraction of sp³-hybridized carbons (Fsp3) is 0.538. The first-order valence-corrected chi connectivity index (χ1v) is 5.68. The minimum absolute atomic E-state index is 0.0829. The van der Waals surface area contributed by atoms with Crippen LogP contribution in [0.3, 0.4) is 0 Å². The van der Waals surface area contributed by atoms with E-state index in [-0.39, 0.29) is 6.10 Å². The van der Waals surface area contributed by atoms with Gasteiger partial charge in [0.1, 0.15) is 18.1 Å². The Kier molecular flexibility index (Phi) is 5.80. The highest BCUT2D eigenvalue weighted by molar-refractivity contribution is 5.40. The number of hydrogen-bond acceptors (Lipinski definition) is 4. The molecule has 96 valence electrons. The fourth-order valence-corrected chi connectivity index (χ4v) is 1.43. The second-order valence-electron chi connectivity index (χ2n) is 3.86. The lowest BCUT2D eigenvalue weighted by Crippen LogP contribution is -2.17. The van der Waals surface area contributed by atoms with E-state index in [0.717, 1.165) is 23.6 Å². The van der Waals surface area contributed by atoms with Crippen molar-refractivity contribution in [3.8, 4) is 11.5 Å². The predicted octanol–water partition coefficient (Wildman–Crippen LogP) is 1.83. The van der Waals surface area contributed by atoms with Crippen LogP contribution in [0.2, 0.25) is 0 Å². The Hall–Kier alpha value is -1.26. The van der Waals surface area contributed by atoms with E-state index >= 15 is 0 Å². The summed E-state index contributed by atoms with van der Waals surface area (Å²) in [4.78, 5) is 0. The number of benzene rings is 1. The third kappa shape index (κ3) is 4.24. The van der Waals surface area contributed by atoms with Crippen molar-refractivity contribution in [3.05, 3.63) is 23.8 Å². The van der Waals surface area contributed by atoms with Gasteiger partial charge in [0, 0.05) is 19.2 Å². The second kappa shape index (κ2) is 7.14. The molecule has 0 aromatic heterocycles. The monoisotopic (exact) mass is 239 g/mol. The Morgan fingerprint density at radius 2 is 2.06 bits per heavy atom. The molecule has 1 aromatic carbocycles. The molecule has 0 saturated carbocycles. The van der Waals surface area contributed by atoms with Crippen molar-refractivity contribution in [3.63, 3.8) is 0 Å². The third-order valence-corrected chi connectivity index (χ3v) is 2.51. The highest BCUT2D eigenvalue weighted by Crippen LogP contribution is 2.24. The second-order valence-corrected chi connectivity index (χ2v) is 3.86. The van der Waals surface area contributed by atoms with Crippen LogP contribution in [0, 0.1) is 0 Å². The summed E-state index contributed by atoms with van der Waals surface area (Å²) in [5.74, 6) is 1.70. The van der Waals surface area contributed by atoms with Crippen LogP contribution in [-0.2, 0) is 11.3 Å². The first kappa shape index (κ1) is 13.8. The lowest BCUT2D eigenvalue weighted by atomic mass is 10.2. The maximum Gasteiger partial charge on any atom is 0.124 e. The summed E-state index contributed by atoms with van der Waals surface area (Å²) in [6.45, 7) is 3.26. The highest BCUT2D eigenvalue weighted by Gasteiger charge is 2.07. The van der Waals surface area contributed by atoms with Crippen LogP contribution in [0.1, 0.15) is 12.5 Å². The van der Waals surface area contributed by atoms with Crippen LogP contribution in [0.4, 0.5) is 0 Å². The number of methoxy groups -OCH3 is 2. The summed E-state index contributed by atoms with van der Waals surface area (Å²) in [6.07, 6.45) is 0.0829. The molecule has 0 aliphatic heterocycles.